The van der Waals surface area contributed by atoms with Gasteiger partial charge in [0.05, 0.1) is 0 Å². The second kappa shape index (κ2) is 8.15. The van der Waals surface area contributed by atoms with Crippen LogP contribution in [0.4, 0.5) is 0 Å². The van der Waals surface area contributed by atoms with E-state index < -0.39 is 5.60 Å². The van der Waals surface area contributed by atoms with E-state index in [4.69, 9.17) is 0 Å². The molecule has 0 spiro atoms. The molecule has 0 saturated carbocycles. The van der Waals surface area contributed by atoms with Crippen molar-refractivity contribution in [2.24, 2.45) is 5.92 Å². The van der Waals surface area contributed by atoms with Crippen LogP contribution in [0.1, 0.15) is 79.1 Å². The molecule has 91 valence electrons. The van der Waals surface area contributed by atoms with Crippen LogP contribution >= 0.6 is 0 Å². The van der Waals surface area contributed by atoms with E-state index in [1.807, 2.05) is 13.8 Å². The minimum absolute atomic E-state index is 0.365. The van der Waals surface area contributed by atoms with Gasteiger partial charge >= 0.3 is 0 Å². The van der Waals surface area contributed by atoms with Gasteiger partial charge in [0.1, 0.15) is 5.60 Å². The van der Waals surface area contributed by atoms with Crippen molar-refractivity contribution in [1.82, 2.24) is 0 Å². The third-order valence-electron chi connectivity index (χ3n) is 3.38. The first kappa shape index (κ1) is 15.0. The van der Waals surface area contributed by atoms with E-state index in [1.54, 1.807) is 0 Å². The zero-order valence-corrected chi connectivity index (χ0v) is 11.1. The van der Waals surface area contributed by atoms with Gasteiger partial charge in [0.15, 0.2) is 0 Å². The maximum Gasteiger partial charge on any atom is 0.101 e. The SMILES string of the molecule is CCCCCCCCC(CC)C(C)(C)[O]. The van der Waals surface area contributed by atoms with Crippen LogP contribution in [-0.2, 0) is 5.11 Å². The summed E-state index contributed by atoms with van der Waals surface area (Å²) >= 11 is 0. The molecule has 1 unspecified atom stereocenters. The van der Waals surface area contributed by atoms with Crippen molar-refractivity contribution >= 4 is 0 Å². The highest BCUT2D eigenvalue weighted by atomic mass is 16.3. The van der Waals surface area contributed by atoms with Gasteiger partial charge in [-0.25, -0.2) is 5.11 Å². The van der Waals surface area contributed by atoms with Gasteiger partial charge in [-0.15, -0.1) is 0 Å². The van der Waals surface area contributed by atoms with Crippen LogP contribution in [0, 0.1) is 5.92 Å². The number of hydrogen-bond acceptors (Lipinski definition) is 0. The summed E-state index contributed by atoms with van der Waals surface area (Å²) in [5.74, 6) is 0.365. The van der Waals surface area contributed by atoms with E-state index >= 15 is 0 Å². The summed E-state index contributed by atoms with van der Waals surface area (Å²) in [6.45, 7) is 8.05. The Morgan fingerprint density at radius 3 is 1.93 bits per heavy atom. The van der Waals surface area contributed by atoms with Crippen LogP contribution in [0.2, 0.25) is 0 Å². The molecule has 1 nitrogen and oxygen atoms in total. The highest BCUT2D eigenvalue weighted by Crippen LogP contribution is 2.26. The van der Waals surface area contributed by atoms with Gasteiger partial charge in [0.25, 0.3) is 0 Å². The molecule has 0 aromatic heterocycles. The Morgan fingerprint density at radius 1 is 0.933 bits per heavy atom. The lowest BCUT2D eigenvalue weighted by Crippen LogP contribution is -2.28. The molecular weight excluding hydrogens is 184 g/mol. The van der Waals surface area contributed by atoms with Gasteiger partial charge in [-0.05, 0) is 26.2 Å². The topological polar surface area (TPSA) is 19.9 Å². The molecule has 15 heavy (non-hydrogen) atoms. The lowest BCUT2D eigenvalue weighted by molar-refractivity contribution is -0.0516. The summed E-state index contributed by atoms with van der Waals surface area (Å²) in [7, 11) is 0. The fourth-order valence-electron chi connectivity index (χ4n) is 2.21. The summed E-state index contributed by atoms with van der Waals surface area (Å²) < 4.78 is 0. The first-order chi connectivity index (χ1) is 7.02. The van der Waals surface area contributed by atoms with Crippen LogP contribution in [0.5, 0.6) is 0 Å². The smallest absolute Gasteiger partial charge is 0.101 e. The predicted octanol–water partition coefficient (Wildman–Crippen LogP) is 4.97. The Hall–Kier alpha value is -0.0400. The number of unbranched alkanes of at least 4 members (excludes halogenated alkanes) is 5. The molecule has 0 aliphatic rings. The molecule has 0 amide bonds. The molecule has 0 saturated heterocycles. The quantitative estimate of drug-likeness (QED) is 0.482. The van der Waals surface area contributed by atoms with Crippen LogP contribution < -0.4 is 0 Å². The van der Waals surface area contributed by atoms with E-state index in [-0.39, 0.29) is 0 Å². The highest BCUT2D eigenvalue weighted by Gasteiger charge is 2.26. The molecule has 0 heterocycles. The Bertz CT molecular complexity index is 135. The second-order valence-corrected chi connectivity index (χ2v) is 5.27. The molecule has 0 N–H and O–H groups in total. The van der Waals surface area contributed by atoms with E-state index in [0.29, 0.717) is 5.92 Å². The highest BCUT2D eigenvalue weighted by molar-refractivity contribution is 4.75. The van der Waals surface area contributed by atoms with Gasteiger partial charge < -0.3 is 0 Å². The fraction of sp³-hybridized carbons (Fsp3) is 1.00. The summed E-state index contributed by atoms with van der Waals surface area (Å²) in [5, 5.41) is 11.8. The van der Waals surface area contributed by atoms with E-state index in [0.717, 1.165) is 12.8 Å². The third kappa shape index (κ3) is 7.84. The largest absolute Gasteiger partial charge is 0.230 e. The summed E-state index contributed by atoms with van der Waals surface area (Å²) in [6.07, 6.45) is 10.1. The van der Waals surface area contributed by atoms with Crippen molar-refractivity contribution in [3.63, 3.8) is 0 Å². The van der Waals surface area contributed by atoms with Crippen molar-refractivity contribution in [2.75, 3.05) is 0 Å². The minimum Gasteiger partial charge on any atom is -0.230 e. The summed E-state index contributed by atoms with van der Waals surface area (Å²) in [4.78, 5) is 0. The van der Waals surface area contributed by atoms with Gasteiger partial charge in [-0.3, -0.25) is 0 Å². The molecule has 0 aromatic rings. The average molecular weight is 213 g/mol. The summed E-state index contributed by atoms with van der Waals surface area (Å²) in [5.41, 5.74) is -0.738. The van der Waals surface area contributed by atoms with Gasteiger partial charge in [0.2, 0.25) is 0 Å². The van der Waals surface area contributed by atoms with Crippen LogP contribution in [0.3, 0.4) is 0 Å². The first-order valence-corrected chi connectivity index (χ1v) is 6.72. The maximum absolute atomic E-state index is 11.8. The number of rotatable bonds is 9. The van der Waals surface area contributed by atoms with E-state index in [1.165, 1.54) is 38.5 Å². The Balaban J connectivity index is 3.48. The molecule has 0 fully saturated rings. The standard InChI is InChI=1S/C14H29O/c1-5-7-8-9-10-11-12-13(6-2)14(3,4)15/h13H,5-12H2,1-4H3. The van der Waals surface area contributed by atoms with Crippen molar-refractivity contribution in [1.29, 1.82) is 0 Å². The Kier molecular flexibility index (Phi) is 8.13. The van der Waals surface area contributed by atoms with Crippen molar-refractivity contribution < 1.29 is 5.11 Å². The van der Waals surface area contributed by atoms with Crippen LogP contribution in [0.25, 0.3) is 0 Å². The zero-order chi connectivity index (χ0) is 11.7. The summed E-state index contributed by atoms with van der Waals surface area (Å²) in [6, 6.07) is 0. The van der Waals surface area contributed by atoms with E-state index in [9.17, 15) is 5.11 Å². The average Bonchev–Trinajstić information content (AvgIpc) is 2.15. The maximum atomic E-state index is 11.8. The monoisotopic (exact) mass is 213 g/mol. The van der Waals surface area contributed by atoms with Crippen LogP contribution in [-0.4, -0.2) is 5.60 Å². The lowest BCUT2D eigenvalue weighted by atomic mass is 9.84. The first-order valence-electron chi connectivity index (χ1n) is 6.72. The Labute approximate surface area is 96.3 Å². The van der Waals surface area contributed by atoms with Crippen molar-refractivity contribution in [2.45, 2.75) is 84.7 Å². The fourth-order valence-corrected chi connectivity index (χ4v) is 2.21. The Morgan fingerprint density at radius 2 is 1.47 bits per heavy atom. The predicted molar refractivity (Wildman–Crippen MR) is 66.5 cm³/mol. The lowest BCUT2D eigenvalue weighted by Gasteiger charge is -2.25. The minimum atomic E-state index is -0.738. The molecule has 0 aromatic carbocycles. The van der Waals surface area contributed by atoms with Gasteiger partial charge in [0, 0.05) is 0 Å². The van der Waals surface area contributed by atoms with Gasteiger partial charge in [-0.1, -0.05) is 58.8 Å². The molecular formula is C14H29O. The van der Waals surface area contributed by atoms with Crippen molar-refractivity contribution in [3.8, 4) is 0 Å². The zero-order valence-electron chi connectivity index (χ0n) is 11.1. The van der Waals surface area contributed by atoms with Gasteiger partial charge in [-0.2, -0.15) is 0 Å². The van der Waals surface area contributed by atoms with Crippen molar-refractivity contribution in [3.05, 3.63) is 0 Å². The third-order valence-corrected chi connectivity index (χ3v) is 3.38. The molecule has 1 radical (unpaired) electrons. The molecule has 0 aliphatic carbocycles. The van der Waals surface area contributed by atoms with Crippen LogP contribution in [0.15, 0.2) is 0 Å². The molecule has 0 aliphatic heterocycles. The molecule has 0 bridgehead atoms. The molecule has 1 atom stereocenters. The molecule has 1 heteroatoms. The number of hydrogen-bond donors (Lipinski definition) is 0. The normalized spacial score (nSPS) is 14.2. The second-order valence-electron chi connectivity index (χ2n) is 5.27. The van der Waals surface area contributed by atoms with E-state index in [2.05, 4.69) is 13.8 Å². The molecule has 0 rings (SSSR count).